The van der Waals surface area contributed by atoms with Crippen LogP contribution in [0.5, 0.6) is 0 Å². The Bertz CT molecular complexity index is 794. The Morgan fingerprint density at radius 3 is 3.05 bits per heavy atom. The molecule has 0 unspecified atom stereocenters. The number of hydrogen-bond acceptors (Lipinski definition) is 4. The van der Waals surface area contributed by atoms with Crippen LogP contribution in [0.25, 0.3) is 10.2 Å². The van der Waals surface area contributed by atoms with Crippen molar-refractivity contribution in [3.05, 3.63) is 44.6 Å². The molecule has 3 aromatic rings. The highest BCUT2D eigenvalue weighted by Gasteiger charge is 2.10. The number of pyridine rings is 1. The lowest BCUT2D eigenvalue weighted by molar-refractivity contribution is 1.20. The molecule has 0 bridgehead atoms. The van der Waals surface area contributed by atoms with Crippen LogP contribution in [0.4, 0.5) is 5.69 Å². The number of nitrogens with one attached hydrogen (secondary N) is 1. The van der Waals surface area contributed by atoms with Gasteiger partial charge >= 0.3 is 0 Å². The molecular weight excluding hydrogens is 308 g/mol. The number of nitrogens with zero attached hydrogens (tertiary/aromatic N) is 1. The highest BCUT2D eigenvalue weighted by Crippen LogP contribution is 2.33. The maximum absolute atomic E-state index is 6.12. The zero-order chi connectivity index (χ0) is 13.9. The first-order valence-corrected chi connectivity index (χ1v) is 8.18. The number of anilines is 1. The number of hydrogen-bond donors (Lipinski definition) is 1. The second-order valence-electron chi connectivity index (χ2n) is 4.13. The average Bonchev–Trinajstić information content (AvgIpc) is 3.07. The minimum absolute atomic E-state index is 0.490. The lowest BCUT2D eigenvalue weighted by atomic mass is 10.2. The summed E-state index contributed by atoms with van der Waals surface area (Å²) >= 11 is 9.50. The summed E-state index contributed by atoms with van der Waals surface area (Å²) in [6, 6.07) is 6.04. The van der Waals surface area contributed by atoms with Crippen LogP contribution in [-0.4, -0.2) is 4.98 Å². The van der Waals surface area contributed by atoms with Crippen LogP contribution < -0.4 is 5.32 Å². The van der Waals surface area contributed by atoms with E-state index in [-0.39, 0.29) is 0 Å². The molecule has 0 aliphatic heterocycles. The molecule has 0 radical (unpaired) electrons. The molecule has 100 valence electrons. The molecule has 0 saturated carbocycles. The Morgan fingerprint density at radius 1 is 1.40 bits per heavy atom. The summed E-state index contributed by atoms with van der Waals surface area (Å²) in [6.45, 7) is 2.61. The first kappa shape index (κ1) is 13.4. The van der Waals surface area contributed by atoms with Crippen molar-refractivity contribution < 1.29 is 0 Å². The topological polar surface area (TPSA) is 24.9 Å². The minimum Gasteiger partial charge on any atom is -0.379 e. The maximum Gasteiger partial charge on any atom is 0.131 e. The van der Waals surface area contributed by atoms with Crippen LogP contribution in [0.15, 0.2) is 29.0 Å². The van der Waals surface area contributed by atoms with Crippen molar-refractivity contribution in [3.8, 4) is 11.8 Å². The van der Waals surface area contributed by atoms with Crippen molar-refractivity contribution in [2.75, 3.05) is 5.32 Å². The Balaban J connectivity index is 1.99. The minimum atomic E-state index is 0.490. The Morgan fingerprint density at radius 2 is 2.30 bits per heavy atom. The fourth-order valence-corrected chi connectivity index (χ4v) is 3.70. The second-order valence-corrected chi connectivity index (χ2v) is 6.43. The zero-order valence-electron chi connectivity index (χ0n) is 10.7. The smallest absolute Gasteiger partial charge is 0.131 e. The summed E-state index contributed by atoms with van der Waals surface area (Å²) < 4.78 is 1.10. The van der Waals surface area contributed by atoms with Gasteiger partial charge in [0.2, 0.25) is 0 Å². The summed E-state index contributed by atoms with van der Waals surface area (Å²) in [5.74, 6) is 5.98. The Kier molecular flexibility index (Phi) is 3.93. The van der Waals surface area contributed by atoms with Gasteiger partial charge in [0.05, 0.1) is 16.0 Å². The molecule has 0 aliphatic rings. The third-order valence-electron chi connectivity index (χ3n) is 2.78. The molecule has 0 saturated heterocycles. The normalized spacial score (nSPS) is 10.3. The van der Waals surface area contributed by atoms with Gasteiger partial charge in [0, 0.05) is 22.9 Å². The van der Waals surface area contributed by atoms with E-state index in [1.165, 1.54) is 4.88 Å². The number of rotatable bonds is 3. The first-order chi connectivity index (χ1) is 9.78. The molecule has 3 aromatic heterocycles. The Labute approximate surface area is 130 Å². The van der Waals surface area contributed by atoms with Crippen LogP contribution >= 0.6 is 34.3 Å². The van der Waals surface area contributed by atoms with Gasteiger partial charge in [-0.05, 0) is 18.4 Å². The standard InChI is InChI=1S/C15H11ClN2S2/c1-2-4-10-9-20-15-12(7-13(16)18-14(10)15)17-8-11-5-3-6-19-11/h3,5-7,9H,8H2,1H3,(H,17,18). The van der Waals surface area contributed by atoms with Crippen LogP contribution in [0.2, 0.25) is 5.15 Å². The molecule has 0 atom stereocenters. The first-order valence-electron chi connectivity index (χ1n) is 6.04. The highest BCUT2D eigenvalue weighted by atomic mass is 35.5. The fraction of sp³-hybridized carbons (Fsp3) is 0.133. The van der Waals surface area contributed by atoms with E-state index in [9.17, 15) is 0 Å². The third kappa shape index (κ3) is 2.66. The van der Waals surface area contributed by atoms with Crippen molar-refractivity contribution >= 4 is 50.2 Å². The lowest BCUT2D eigenvalue weighted by Gasteiger charge is -2.06. The number of aromatic nitrogens is 1. The molecule has 0 aliphatic carbocycles. The van der Waals surface area contributed by atoms with E-state index in [1.807, 2.05) is 18.4 Å². The molecule has 0 amide bonds. The van der Waals surface area contributed by atoms with E-state index in [0.29, 0.717) is 5.15 Å². The molecule has 0 aromatic carbocycles. The van der Waals surface area contributed by atoms with Gasteiger partial charge in [-0.2, -0.15) is 0 Å². The summed E-state index contributed by atoms with van der Waals surface area (Å²) in [4.78, 5) is 5.68. The van der Waals surface area contributed by atoms with Crippen LogP contribution in [0.1, 0.15) is 17.4 Å². The van der Waals surface area contributed by atoms with Gasteiger partial charge in [0.25, 0.3) is 0 Å². The van der Waals surface area contributed by atoms with Gasteiger partial charge < -0.3 is 5.32 Å². The van der Waals surface area contributed by atoms with E-state index in [4.69, 9.17) is 11.6 Å². The van der Waals surface area contributed by atoms with Crippen molar-refractivity contribution in [1.82, 2.24) is 4.98 Å². The zero-order valence-corrected chi connectivity index (χ0v) is 13.1. The maximum atomic E-state index is 6.12. The summed E-state index contributed by atoms with van der Waals surface area (Å²) in [5, 5.41) is 8.03. The highest BCUT2D eigenvalue weighted by molar-refractivity contribution is 7.18. The average molecular weight is 319 g/mol. The predicted molar refractivity (Wildman–Crippen MR) is 88.8 cm³/mol. The fourth-order valence-electron chi connectivity index (χ4n) is 1.93. The summed E-state index contributed by atoms with van der Waals surface area (Å²) in [5.41, 5.74) is 2.84. The third-order valence-corrected chi connectivity index (χ3v) is 4.86. The van der Waals surface area contributed by atoms with E-state index in [1.54, 1.807) is 22.7 Å². The van der Waals surface area contributed by atoms with Crippen molar-refractivity contribution in [2.45, 2.75) is 13.5 Å². The quantitative estimate of drug-likeness (QED) is 0.543. The predicted octanol–water partition coefficient (Wildman–Crippen LogP) is 4.99. The van der Waals surface area contributed by atoms with Crippen LogP contribution in [-0.2, 0) is 6.54 Å². The number of thiophene rings is 2. The second kappa shape index (κ2) is 5.84. The molecule has 2 nitrogen and oxygen atoms in total. The van der Waals surface area contributed by atoms with E-state index in [2.05, 4.69) is 39.7 Å². The molecular formula is C15H11ClN2S2. The summed E-state index contributed by atoms with van der Waals surface area (Å²) in [6.07, 6.45) is 0. The van der Waals surface area contributed by atoms with Crippen LogP contribution in [0.3, 0.4) is 0 Å². The Hall–Kier alpha value is -1.54. The van der Waals surface area contributed by atoms with Gasteiger partial charge in [-0.3, -0.25) is 0 Å². The SMILES string of the molecule is CC#Cc1csc2c(NCc3cccs3)cc(Cl)nc12. The largest absolute Gasteiger partial charge is 0.379 e. The van der Waals surface area contributed by atoms with Crippen molar-refractivity contribution in [3.63, 3.8) is 0 Å². The number of halogens is 1. The molecule has 20 heavy (non-hydrogen) atoms. The van der Waals surface area contributed by atoms with Gasteiger partial charge in [0.15, 0.2) is 0 Å². The molecule has 1 N–H and O–H groups in total. The van der Waals surface area contributed by atoms with Gasteiger partial charge in [-0.15, -0.1) is 28.6 Å². The molecule has 0 fully saturated rings. The van der Waals surface area contributed by atoms with Gasteiger partial charge in [0.1, 0.15) is 10.7 Å². The summed E-state index contributed by atoms with van der Waals surface area (Å²) in [7, 11) is 0. The molecule has 5 heteroatoms. The van der Waals surface area contributed by atoms with Crippen LogP contribution in [0, 0.1) is 11.8 Å². The number of fused-ring (bicyclic) bond motifs is 1. The van der Waals surface area contributed by atoms with Crippen molar-refractivity contribution in [1.29, 1.82) is 0 Å². The lowest BCUT2D eigenvalue weighted by Crippen LogP contribution is -1.98. The molecule has 0 spiro atoms. The van der Waals surface area contributed by atoms with Gasteiger partial charge in [-0.25, -0.2) is 4.98 Å². The van der Waals surface area contributed by atoms with E-state index < -0.39 is 0 Å². The monoisotopic (exact) mass is 318 g/mol. The van der Waals surface area contributed by atoms with Crippen molar-refractivity contribution in [2.24, 2.45) is 0 Å². The van der Waals surface area contributed by atoms with Gasteiger partial charge in [-0.1, -0.05) is 23.6 Å². The molecule has 3 rings (SSSR count). The molecule has 3 heterocycles. The van der Waals surface area contributed by atoms with E-state index in [0.717, 1.165) is 28.0 Å². The van der Waals surface area contributed by atoms with E-state index >= 15 is 0 Å².